The molecule has 2 N–H and O–H groups in total. The highest BCUT2D eigenvalue weighted by Crippen LogP contribution is 2.18. The van der Waals surface area contributed by atoms with Gasteiger partial charge in [0.15, 0.2) is 0 Å². The van der Waals surface area contributed by atoms with Crippen molar-refractivity contribution in [1.82, 2.24) is 14.8 Å². The van der Waals surface area contributed by atoms with Gasteiger partial charge in [0.1, 0.15) is 11.5 Å². The topological polar surface area (TPSA) is 62.5 Å². The second-order valence-corrected chi connectivity index (χ2v) is 6.03. The highest BCUT2D eigenvalue weighted by atomic mass is 16.2. The third-order valence-corrected chi connectivity index (χ3v) is 4.35. The van der Waals surface area contributed by atoms with Gasteiger partial charge in [-0.25, -0.2) is 4.98 Å². The average Bonchev–Trinajstić information content (AvgIpc) is 3.03. The third kappa shape index (κ3) is 3.68. The SMILES string of the molecule is CN(C(=O)c1cccc(N)n1)C1CCN(Cc2ccccc2)C1. The summed E-state index contributed by atoms with van der Waals surface area (Å²) in [5.41, 5.74) is 7.38. The Morgan fingerprint density at radius 2 is 2.04 bits per heavy atom. The zero-order chi connectivity index (χ0) is 16.2. The van der Waals surface area contributed by atoms with E-state index in [0.717, 1.165) is 26.1 Å². The standard InChI is InChI=1S/C18H22N4O/c1-21(18(23)16-8-5-9-17(19)20-16)15-10-11-22(13-15)12-14-6-3-2-4-7-14/h2-9,15H,10-13H2,1H3,(H2,19,20). The van der Waals surface area contributed by atoms with Gasteiger partial charge in [-0.3, -0.25) is 9.69 Å². The summed E-state index contributed by atoms with van der Waals surface area (Å²) >= 11 is 0. The summed E-state index contributed by atoms with van der Waals surface area (Å²) in [7, 11) is 1.85. The predicted octanol–water partition coefficient (Wildman–Crippen LogP) is 2.01. The molecule has 1 saturated heterocycles. The molecule has 1 aromatic carbocycles. The lowest BCUT2D eigenvalue weighted by Gasteiger charge is -2.25. The van der Waals surface area contributed by atoms with Gasteiger partial charge in [0.2, 0.25) is 0 Å². The highest BCUT2D eigenvalue weighted by Gasteiger charge is 2.29. The van der Waals surface area contributed by atoms with Crippen LogP contribution in [0.15, 0.2) is 48.5 Å². The molecular weight excluding hydrogens is 288 g/mol. The Bertz CT molecular complexity index is 674. The minimum atomic E-state index is -0.0659. The largest absolute Gasteiger partial charge is 0.384 e. The third-order valence-electron chi connectivity index (χ3n) is 4.35. The molecule has 1 aliphatic heterocycles. The number of anilines is 1. The van der Waals surface area contributed by atoms with E-state index in [1.807, 2.05) is 13.1 Å². The number of amides is 1. The lowest BCUT2D eigenvalue weighted by atomic mass is 10.2. The first-order valence-electron chi connectivity index (χ1n) is 7.89. The molecule has 0 bridgehead atoms. The molecule has 5 heteroatoms. The molecule has 1 amide bonds. The number of carbonyl (C=O) groups excluding carboxylic acids is 1. The van der Waals surface area contributed by atoms with Crippen molar-refractivity contribution in [2.45, 2.75) is 19.0 Å². The van der Waals surface area contributed by atoms with E-state index in [4.69, 9.17) is 5.73 Å². The van der Waals surface area contributed by atoms with Crippen LogP contribution in [0.4, 0.5) is 5.82 Å². The molecule has 0 aliphatic carbocycles. The second kappa shape index (κ2) is 6.79. The Hall–Kier alpha value is -2.40. The van der Waals surface area contributed by atoms with Crippen LogP contribution in [-0.4, -0.2) is 46.9 Å². The van der Waals surface area contributed by atoms with Gasteiger partial charge in [0.05, 0.1) is 0 Å². The first-order chi connectivity index (χ1) is 11.1. The Labute approximate surface area is 136 Å². The first-order valence-corrected chi connectivity index (χ1v) is 7.89. The van der Waals surface area contributed by atoms with Gasteiger partial charge < -0.3 is 10.6 Å². The minimum Gasteiger partial charge on any atom is -0.384 e. The van der Waals surface area contributed by atoms with E-state index in [-0.39, 0.29) is 11.9 Å². The van der Waals surface area contributed by atoms with Crippen molar-refractivity contribution < 1.29 is 4.79 Å². The molecule has 2 aromatic rings. The number of carbonyl (C=O) groups is 1. The number of likely N-dealkylation sites (tertiary alicyclic amines) is 1. The lowest BCUT2D eigenvalue weighted by molar-refractivity contribution is 0.0729. The molecule has 0 radical (unpaired) electrons. The molecule has 3 rings (SSSR count). The summed E-state index contributed by atoms with van der Waals surface area (Å²) in [6.45, 7) is 2.82. The first kappa shape index (κ1) is 15.5. The predicted molar refractivity (Wildman–Crippen MR) is 90.9 cm³/mol. The van der Waals surface area contributed by atoms with Crippen LogP contribution in [0.1, 0.15) is 22.5 Å². The van der Waals surface area contributed by atoms with E-state index in [0.29, 0.717) is 11.5 Å². The molecule has 2 heterocycles. The van der Waals surface area contributed by atoms with Crippen LogP contribution in [-0.2, 0) is 6.54 Å². The number of likely N-dealkylation sites (N-methyl/N-ethyl adjacent to an activating group) is 1. The van der Waals surface area contributed by atoms with E-state index >= 15 is 0 Å². The van der Waals surface area contributed by atoms with E-state index in [1.165, 1.54) is 5.56 Å². The van der Waals surface area contributed by atoms with Gasteiger partial charge in [0.25, 0.3) is 5.91 Å². The number of nitrogen functional groups attached to an aromatic ring is 1. The van der Waals surface area contributed by atoms with Crippen LogP contribution >= 0.6 is 0 Å². The van der Waals surface area contributed by atoms with Crippen LogP contribution < -0.4 is 5.73 Å². The number of hydrogen-bond donors (Lipinski definition) is 1. The van der Waals surface area contributed by atoms with Crippen molar-refractivity contribution in [2.75, 3.05) is 25.9 Å². The average molecular weight is 310 g/mol. The fourth-order valence-corrected chi connectivity index (χ4v) is 3.03. The molecule has 120 valence electrons. The molecule has 5 nitrogen and oxygen atoms in total. The molecule has 1 atom stereocenters. The Morgan fingerprint density at radius 3 is 2.78 bits per heavy atom. The highest BCUT2D eigenvalue weighted by molar-refractivity contribution is 5.92. The van der Waals surface area contributed by atoms with Crippen LogP contribution in [0.2, 0.25) is 0 Å². The van der Waals surface area contributed by atoms with Crippen molar-refractivity contribution in [1.29, 1.82) is 0 Å². The van der Waals surface area contributed by atoms with Gasteiger partial charge >= 0.3 is 0 Å². The second-order valence-electron chi connectivity index (χ2n) is 6.03. The Balaban J connectivity index is 1.61. The van der Waals surface area contributed by atoms with E-state index in [9.17, 15) is 4.79 Å². The molecule has 1 aliphatic rings. The molecule has 0 spiro atoms. The number of nitrogens with zero attached hydrogens (tertiary/aromatic N) is 3. The van der Waals surface area contributed by atoms with Gasteiger partial charge in [-0.1, -0.05) is 36.4 Å². The van der Waals surface area contributed by atoms with Crippen LogP contribution in [0.3, 0.4) is 0 Å². The maximum absolute atomic E-state index is 12.5. The number of hydrogen-bond acceptors (Lipinski definition) is 4. The fraction of sp³-hybridized carbons (Fsp3) is 0.333. The normalized spacial score (nSPS) is 18.0. The monoisotopic (exact) mass is 310 g/mol. The van der Waals surface area contributed by atoms with Crippen molar-refractivity contribution in [3.05, 3.63) is 59.8 Å². The van der Waals surface area contributed by atoms with Crippen molar-refractivity contribution in [2.24, 2.45) is 0 Å². The van der Waals surface area contributed by atoms with Crippen LogP contribution in [0.25, 0.3) is 0 Å². The van der Waals surface area contributed by atoms with E-state index in [1.54, 1.807) is 23.1 Å². The fourth-order valence-electron chi connectivity index (χ4n) is 3.03. The molecule has 23 heavy (non-hydrogen) atoms. The number of aromatic nitrogens is 1. The summed E-state index contributed by atoms with van der Waals surface area (Å²) in [6.07, 6.45) is 0.984. The van der Waals surface area contributed by atoms with Crippen molar-refractivity contribution in [3.63, 3.8) is 0 Å². The summed E-state index contributed by atoms with van der Waals surface area (Å²) in [4.78, 5) is 20.8. The maximum Gasteiger partial charge on any atom is 0.272 e. The number of benzene rings is 1. The summed E-state index contributed by atoms with van der Waals surface area (Å²) < 4.78 is 0. The van der Waals surface area contributed by atoms with Gasteiger partial charge in [0, 0.05) is 32.7 Å². The van der Waals surface area contributed by atoms with E-state index in [2.05, 4.69) is 34.1 Å². The molecule has 0 saturated carbocycles. The van der Waals surface area contributed by atoms with Gasteiger partial charge in [-0.05, 0) is 24.1 Å². The van der Waals surface area contributed by atoms with Gasteiger partial charge in [-0.15, -0.1) is 0 Å². The minimum absolute atomic E-state index is 0.0659. The van der Waals surface area contributed by atoms with Crippen LogP contribution in [0, 0.1) is 0 Å². The molecular formula is C18H22N4O. The molecule has 1 fully saturated rings. The molecule has 1 unspecified atom stereocenters. The Kier molecular flexibility index (Phi) is 4.57. The Morgan fingerprint density at radius 1 is 1.26 bits per heavy atom. The zero-order valence-electron chi connectivity index (χ0n) is 13.4. The number of nitrogens with two attached hydrogens (primary N) is 1. The van der Waals surface area contributed by atoms with E-state index < -0.39 is 0 Å². The zero-order valence-corrected chi connectivity index (χ0v) is 13.4. The smallest absolute Gasteiger partial charge is 0.272 e. The number of pyridine rings is 1. The summed E-state index contributed by atoms with van der Waals surface area (Å²) in [5, 5.41) is 0. The molecule has 1 aromatic heterocycles. The summed E-state index contributed by atoms with van der Waals surface area (Å²) in [5.74, 6) is 0.310. The van der Waals surface area contributed by atoms with Crippen molar-refractivity contribution in [3.8, 4) is 0 Å². The van der Waals surface area contributed by atoms with Gasteiger partial charge in [-0.2, -0.15) is 0 Å². The lowest BCUT2D eigenvalue weighted by Crippen LogP contribution is -2.39. The van der Waals surface area contributed by atoms with Crippen LogP contribution in [0.5, 0.6) is 0 Å². The number of rotatable bonds is 4. The quantitative estimate of drug-likeness (QED) is 0.938. The van der Waals surface area contributed by atoms with Crippen molar-refractivity contribution >= 4 is 11.7 Å². The summed E-state index contributed by atoms with van der Waals surface area (Å²) in [6, 6.07) is 15.8. The maximum atomic E-state index is 12.5.